The number of nitrogens with zero attached hydrogens (tertiary/aromatic N) is 3. The predicted octanol–water partition coefficient (Wildman–Crippen LogP) is 0.350. The standard InChI is InChI=1S/C9H16N4O/c1-12-4-3-7(5-12)13-6-8(10)9(11-13)14-2/h6-7H,3-5,10H2,1-2H3/t7-/m1/s1. The number of rotatable bonds is 2. The Morgan fingerprint density at radius 3 is 2.93 bits per heavy atom. The van der Waals surface area contributed by atoms with Crippen LogP contribution in [0.3, 0.4) is 0 Å². The lowest BCUT2D eigenvalue weighted by molar-refractivity contribution is 0.362. The van der Waals surface area contributed by atoms with E-state index in [0.29, 0.717) is 17.6 Å². The van der Waals surface area contributed by atoms with E-state index in [1.54, 1.807) is 7.11 Å². The molecule has 1 aliphatic rings. The summed E-state index contributed by atoms with van der Waals surface area (Å²) in [4.78, 5) is 2.29. The van der Waals surface area contributed by atoms with Gasteiger partial charge in [0.25, 0.3) is 5.88 Å². The van der Waals surface area contributed by atoms with Crippen LogP contribution in [0.5, 0.6) is 5.88 Å². The van der Waals surface area contributed by atoms with Gasteiger partial charge < -0.3 is 15.4 Å². The van der Waals surface area contributed by atoms with Crippen molar-refractivity contribution in [3.63, 3.8) is 0 Å². The SMILES string of the molecule is COc1nn([C@@H]2CCN(C)C2)cc1N. The highest BCUT2D eigenvalue weighted by molar-refractivity contribution is 5.45. The van der Waals surface area contributed by atoms with Crippen molar-refractivity contribution in [3.8, 4) is 5.88 Å². The van der Waals surface area contributed by atoms with Crippen molar-refractivity contribution in [1.82, 2.24) is 14.7 Å². The van der Waals surface area contributed by atoms with Gasteiger partial charge >= 0.3 is 0 Å². The summed E-state index contributed by atoms with van der Waals surface area (Å²) in [6, 6.07) is 0.436. The molecule has 0 aliphatic carbocycles. The van der Waals surface area contributed by atoms with Crippen LogP contribution in [0.2, 0.25) is 0 Å². The maximum Gasteiger partial charge on any atom is 0.256 e. The van der Waals surface area contributed by atoms with Crippen LogP contribution >= 0.6 is 0 Å². The smallest absolute Gasteiger partial charge is 0.256 e. The number of hydrogen-bond acceptors (Lipinski definition) is 4. The molecule has 1 fully saturated rings. The van der Waals surface area contributed by atoms with E-state index in [9.17, 15) is 0 Å². The normalized spacial score (nSPS) is 22.9. The van der Waals surface area contributed by atoms with Gasteiger partial charge in [0.15, 0.2) is 0 Å². The second kappa shape index (κ2) is 3.49. The minimum atomic E-state index is 0.436. The minimum absolute atomic E-state index is 0.436. The first-order valence-electron chi connectivity index (χ1n) is 4.78. The van der Waals surface area contributed by atoms with Crippen molar-refractivity contribution in [1.29, 1.82) is 0 Å². The van der Waals surface area contributed by atoms with E-state index in [2.05, 4.69) is 17.0 Å². The van der Waals surface area contributed by atoms with Crippen molar-refractivity contribution in [2.24, 2.45) is 0 Å². The van der Waals surface area contributed by atoms with Crippen LogP contribution in [0, 0.1) is 0 Å². The number of ether oxygens (including phenoxy) is 1. The van der Waals surface area contributed by atoms with Crippen LogP contribution in [0.25, 0.3) is 0 Å². The molecule has 1 aliphatic heterocycles. The van der Waals surface area contributed by atoms with E-state index in [0.717, 1.165) is 19.5 Å². The fraction of sp³-hybridized carbons (Fsp3) is 0.667. The lowest BCUT2D eigenvalue weighted by atomic mass is 10.3. The molecule has 0 saturated carbocycles. The molecular weight excluding hydrogens is 180 g/mol. The Kier molecular flexibility index (Phi) is 2.33. The van der Waals surface area contributed by atoms with Gasteiger partial charge in [-0.05, 0) is 20.0 Å². The maximum absolute atomic E-state index is 5.73. The Morgan fingerprint density at radius 1 is 1.64 bits per heavy atom. The quantitative estimate of drug-likeness (QED) is 0.741. The van der Waals surface area contributed by atoms with Crippen LogP contribution in [0.4, 0.5) is 5.69 Å². The third-order valence-corrected chi connectivity index (χ3v) is 2.66. The summed E-state index contributed by atoms with van der Waals surface area (Å²) in [5.74, 6) is 0.527. The van der Waals surface area contributed by atoms with E-state index in [-0.39, 0.29) is 0 Å². The number of likely N-dealkylation sites (N-methyl/N-ethyl adjacent to an activating group) is 1. The average Bonchev–Trinajstić information content (AvgIpc) is 2.71. The molecule has 5 heteroatoms. The molecule has 0 radical (unpaired) electrons. The number of hydrogen-bond donors (Lipinski definition) is 1. The number of nitrogen functional groups attached to an aromatic ring is 1. The monoisotopic (exact) mass is 196 g/mol. The zero-order chi connectivity index (χ0) is 10.1. The van der Waals surface area contributed by atoms with Crippen molar-refractivity contribution in [2.45, 2.75) is 12.5 Å². The number of likely N-dealkylation sites (tertiary alicyclic amines) is 1. The summed E-state index contributed by atoms with van der Waals surface area (Å²) in [6.45, 7) is 2.15. The third kappa shape index (κ3) is 1.55. The van der Waals surface area contributed by atoms with E-state index in [1.807, 2.05) is 10.9 Å². The van der Waals surface area contributed by atoms with E-state index < -0.39 is 0 Å². The van der Waals surface area contributed by atoms with Crippen LogP contribution in [-0.2, 0) is 0 Å². The Hall–Kier alpha value is -1.23. The summed E-state index contributed by atoms with van der Waals surface area (Å²) in [5.41, 5.74) is 6.35. The van der Waals surface area contributed by atoms with Gasteiger partial charge in [0, 0.05) is 6.54 Å². The molecule has 2 rings (SSSR count). The molecule has 0 bridgehead atoms. The highest BCUT2D eigenvalue weighted by Crippen LogP contribution is 2.25. The molecule has 5 nitrogen and oxygen atoms in total. The summed E-state index contributed by atoms with van der Waals surface area (Å²) in [6.07, 6.45) is 2.98. The average molecular weight is 196 g/mol. The molecular formula is C9H16N4O. The Morgan fingerprint density at radius 2 is 2.43 bits per heavy atom. The van der Waals surface area contributed by atoms with Crippen molar-refractivity contribution in [2.75, 3.05) is 33.0 Å². The van der Waals surface area contributed by atoms with Crippen molar-refractivity contribution in [3.05, 3.63) is 6.20 Å². The molecule has 1 aromatic rings. The molecule has 1 atom stereocenters. The molecule has 2 heterocycles. The van der Waals surface area contributed by atoms with Gasteiger partial charge in [-0.25, -0.2) is 0 Å². The van der Waals surface area contributed by atoms with Gasteiger partial charge in [-0.15, -0.1) is 5.10 Å². The highest BCUT2D eigenvalue weighted by Gasteiger charge is 2.22. The van der Waals surface area contributed by atoms with Crippen LogP contribution < -0.4 is 10.5 Å². The lowest BCUT2D eigenvalue weighted by Gasteiger charge is -2.10. The molecule has 0 aromatic carbocycles. The van der Waals surface area contributed by atoms with Crippen molar-refractivity contribution < 1.29 is 4.74 Å². The van der Waals surface area contributed by atoms with E-state index >= 15 is 0 Å². The van der Waals surface area contributed by atoms with Gasteiger partial charge in [-0.3, -0.25) is 4.68 Å². The maximum atomic E-state index is 5.73. The molecule has 0 spiro atoms. The Bertz CT molecular complexity index is 323. The number of aromatic nitrogens is 2. The highest BCUT2D eigenvalue weighted by atomic mass is 16.5. The number of methoxy groups -OCH3 is 1. The minimum Gasteiger partial charge on any atom is -0.478 e. The molecule has 1 saturated heterocycles. The summed E-state index contributed by atoms with van der Waals surface area (Å²) >= 11 is 0. The lowest BCUT2D eigenvalue weighted by Crippen LogP contribution is -2.16. The van der Waals surface area contributed by atoms with Crippen LogP contribution in [-0.4, -0.2) is 41.9 Å². The second-order valence-electron chi connectivity index (χ2n) is 3.78. The number of nitrogens with two attached hydrogens (primary N) is 1. The first kappa shape index (κ1) is 9.33. The topological polar surface area (TPSA) is 56.3 Å². The fourth-order valence-electron chi connectivity index (χ4n) is 1.86. The third-order valence-electron chi connectivity index (χ3n) is 2.66. The second-order valence-corrected chi connectivity index (χ2v) is 3.78. The Balaban J connectivity index is 2.16. The first-order valence-corrected chi connectivity index (χ1v) is 4.78. The van der Waals surface area contributed by atoms with Gasteiger partial charge in [0.1, 0.15) is 5.69 Å². The van der Waals surface area contributed by atoms with Crippen molar-refractivity contribution >= 4 is 5.69 Å². The van der Waals surface area contributed by atoms with E-state index in [1.165, 1.54) is 0 Å². The molecule has 14 heavy (non-hydrogen) atoms. The fourth-order valence-corrected chi connectivity index (χ4v) is 1.86. The number of anilines is 1. The molecule has 1 aromatic heterocycles. The van der Waals surface area contributed by atoms with Gasteiger partial charge in [-0.2, -0.15) is 0 Å². The van der Waals surface area contributed by atoms with Gasteiger partial charge in [0.05, 0.1) is 19.3 Å². The molecule has 0 unspecified atom stereocenters. The zero-order valence-electron chi connectivity index (χ0n) is 8.60. The summed E-state index contributed by atoms with van der Waals surface area (Å²) < 4.78 is 6.96. The first-order chi connectivity index (χ1) is 6.70. The molecule has 2 N–H and O–H groups in total. The predicted molar refractivity (Wildman–Crippen MR) is 54.3 cm³/mol. The van der Waals surface area contributed by atoms with Crippen LogP contribution in [0.1, 0.15) is 12.5 Å². The molecule has 78 valence electrons. The summed E-state index contributed by atoms with van der Waals surface area (Å²) in [7, 11) is 3.70. The molecule has 0 amide bonds. The van der Waals surface area contributed by atoms with E-state index in [4.69, 9.17) is 10.5 Å². The van der Waals surface area contributed by atoms with Crippen LogP contribution in [0.15, 0.2) is 6.20 Å². The zero-order valence-corrected chi connectivity index (χ0v) is 8.60. The summed E-state index contributed by atoms with van der Waals surface area (Å²) in [5, 5.41) is 4.29. The van der Waals surface area contributed by atoms with Gasteiger partial charge in [0.2, 0.25) is 0 Å². The Labute approximate surface area is 83.4 Å². The van der Waals surface area contributed by atoms with Gasteiger partial charge in [-0.1, -0.05) is 0 Å². The largest absolute Gasteiger partial charge is 0.478 e.